The van der Waals surface area contributed by atoms with Gasteiger partial charge in [-0.2, -0.15) is 0 Å². The lowest BCUT2D eigenvalue weighted by Gasteiger charge is -2.10. The minimum Gasteiger partial charge on any atom is -0.463 e. The molecule has 0 radical (unpaired) electrons. The van der Waals surface area contributed by atoms with E-state index in [2.05, 4.69) is 0 Å². The van der Waals surface area contributed by atoms with Gasteiger partial charge in [0.1, 0.15) is 12.6 Å². The highest BCUT2D eigenvalue weighted by atomic mass is 35.5. The third-order valence-corrected chi connectivity index (χ3v) is 1.63. The Morgan fingerprint density at radius 3 is 2.20 bits per heavy atom. The fraction of sp³-hybridized carbons (Fsp3) is 0.875. The van der Waals surface area contributed by atoms with Gasteiger partial charge in [0.25, 0.3) is 0 Å². The van der Waals surface area contributed by atoms with Crippen molar-refractivity contribution >= 4 is 30.8 Å². The van der Waals surface area contributed by atoms with E-state index in [1.807, 2.05) is 0 Å². The lowest BCUT2D eigenvalue weighted by atomic mass is 10.1. The molecule has 0 aromatic heterocycles. The molecule has 0 fully saturated rings. The second kappa shape index (κ2) is 13.9. The molecule has 1 unspecified atom stereocenters. The Morgan fingerprint density at radius 1 is 1.13 bits per heavy atom. The second-order valence-corrected chi connectivity index (χ2v) is 2.85. The van der Waals surface area contributed by atoms with Crippen LogP contribution in [0, 0.1) is 0 Å². The number of nitrogens with two attached hydrogens (primary N) is 3. The Balaban J connectivity index is -0.000000720. The van der Waals surface area contributed by atoms with Crippen molar-refractivity contribution in [2.75, 3.05) is 19.7 Å². The molecule has 0 rings (SSSR count). The van der Waals surface area contributed by atoms with Crippen molar-refractivity contribution in [3.05, 3.63) is 0 Å². The normalized spacial score (nSPS) is 10.9. The first-order chi connectivity index (χ1) is 6.22. The van der Waals surface area contributed by atoms with Crippen LogP contribution in [0.5, 0.6) is 0 Å². The van der Waals surface area contributed by atoms with Crippen molar-refractivity contribution in [1.82, 2.24) is 0 Å². The van der Waals surface area contributed by atoms with E-state index >= 15 is 0 Å². The highest BCUT2D eigenvalue weighted by Gasteiger charge is 2.13. The van der Waals surface area contributed by atoms with Gasteiger partial charge in [-0.25, -0.2) is 0 Å². The van der Waals surface area contributed by atoms with Gasteiger partial charge < -0.3 is 21.9 Å². The summed E-state index contributed by atoms with van der Waals surface area (Å²) in [5.74, 6) is -0.373. The molecule has 0 aromatic carbocycles. The van der Waals surface area contributed by atoms with E-state index in [1.165, 1.54) is 0 Å². The smallest absolute Gasteiger partial charge is 0.322 e. The summed E-state index contributed by atoms with van der Waals surface area (Å²) in [6.07, 6.45) is 2.37. The quantitative estimate of drug-likeness (QED) is 0.435. The first-order valence-corrected chi connectivity index (χ1v) is 4.54. The van der Waals surface area contributed by atoms with E-state index in [-0.39, 0.29) is 37.4 Å². The molecule has 15 heavy (non-hydrogen) atoms. The van der Waals surface area contributed by atoms with Crippen molar-refractivity contribution in [1.29, 1.82) is 0 Å². The molecule has 0 aliphatic carbocycles. The molecule has 5 nitrogen and oxygen atoms in total. The molecule has 0 aliphatic heterocycles. The summed E-state index contributed by atoms with van der Waals surface area (Å²) in [6, 6.07) is -0.530. The monoisotopic (exact) mass is 261 g/mol. The highest BCUT2D eigenvalue weighted by Crippen LogP contribution is 1.99. The predicted octanol–water partition coefficient (Wildman–Crippen LogP) is -0.212. The number of carbonyl (C=O) groups excluding carboxylic acids is 1. The number of ether oxygens (including phenoxy) is 1. The van der Waals surface area contributed by atoms with Crippen molar-refractivity contribution < 1.29 is 9.53 Å². The fourth-order valence-corrected chi connectivity index (χ4v) is 0.893. The first-order valence-electron chi connectivity index (χ1n) is 4.54. The Labute approximate surface area is 103 Å². The van der Waals surface area contributed by atoms with Crippen LogP contribution in [0.4, 0.5) is 0 Å². The summed E-state index contributed by atoms with van der Waals surface area (Å²) in [6.45, 7) is 1.20. The van der Waals surface area contributed by atoms with Crippen LogP contribution >= 0.6 is 24.8 Å². The number of unbranched alkanes of at least 4 members (excludes halogenated alkanes) is 1. The van der Waals surface area contributed by atoms with Crippen LogP contribution in [0.2, 0.25) is 0 Å². The molecule has 0 saturated heterocycles. The van der Waals surface area contributed by atoms with Crippen molar-refractivity contribution in [3.63, 3.8) is 0 Å². The van der Waals surface area contributed by atoms with Crippen LogP contribution in [0.15, 0.2) is 0 Å². The van der Waals surface area contributed by atoms with Crippen LogP contribution in [0.25, 0.3) is 0 Å². The van der Waals surface area contributed by atoms with E-state index in [0.717, 1.165) is 12.8 Å². The maximum Gasteiger partial charge on any atom is 0.322 e. The molecule has 0 amide bonds. The van der Waals surface area contributed by atoms with Gasteiger partial charge in [-0.1, -0.05) is 6.42 Å². The van der Waals surface area contributed by atoms with Gasteiger partial charge in [0.15, 0.2) is 0 Å². The average molecular weight is 262 g/mol. The molecule has 0 heterocycles. The molecule has 6 N–H and O–H groups in total. The maximum absolute atomic E-state index is 11.1. The predicted molar refractivity (Wildman–Crippen MR) is 65.4 cm³/mol. The number of hydrogen-bond donors (Lipinski definition) is 3. The second-order valence-electron chi connectivity index (χ2n) is 2.85. The Kier molecular flexibility index (Phi) is 18.9. The summed E-state index contributed by atoms with van der Waals surface area (Å²) in [5.41, 5.74) is 16.0. The molecule has 0 aliphatic rings. The summed E-state index contributed by atoms with van der Waals surface area (Å²) in [4.78, 5) is 11.1. The summed E-state index contributed by atoms with van der Waals surface area (Å²) < 4.78 is 4.76. The zero-order chi connectivity index (χ0) is 10.1. The zero-order valence-electron chi connectivity index (χ0n) is 8.69. The van der Waals surface area contributed by atoms with Crippen LogP contribution in [-0.4, -0.2) is 31.7 Å². The lowest BCUT2D eigenvalue weighted by molar-refractivity contribution is -0.145. The zero-order valence-corrected chi connectivity index (χ0v) is 10.3. The topological polar surface area (TPSA) is 104 Å². The van der Waals surface area contributed by atoms with Gasteiger partial charge in [0.2, 0.25) is 0 Å². The lowest BCUT2D eigenvalue weighted by Crippen LogP contribution is -2.33. The molecular weight excluding hydrogens is 241 g/mol. The van der Waals surface area contributed by atoms with E-state index in [9.17, 15) is 4.79 Å². The Bertz CT molecular complexity index is 150. The van der Waals surface area contributed by atoms with E-state index in [1.54, 1.807) is 0 Å². The first kappa shape index (κ1) is 20.4. The molecule has 0 aromatic rings. The molecular formula is C8H21Cl2N3O2. The van der Waals surface area contributed by atoms with Gasteiger partial charge in [0.05, 0.1) is 0 Å². The van der Waals surface area contributed by atoms with E-state index in [0.29, 0.717) is 19.5 Å². The van der Waals surface area contributed by atoms with Crippen LogP contribution < -0.4 is 17.2 Å². The molecule has 94 valence electrons. The van der Waals surface area contributed by atoms with E-state index < -0.39 is 6.04 Å². The maximum atomic E-state index is 11.1. The molecule has 0 saturated carbocycles. The average Bonchev–Trinajstić information content (AvgIpc) is 2.14. The minimum atomic E-state index is -0.530. The van der Waals surface area contributed by atoms with Gasteiger partial charge in [-0.3, -0.25) is 4.79 Å². The van der Waals surface area contributed by atoms with Gasteiger partial charge in [-0.15, -0.1) is 24.8 Å². The third kappa shape index (κ3) is 11.9. The molecule has 1 atom stereocenters. The molecule has 0 spiro atoms. The third-order valence-electron chi connectivity index (χ3n) is 1.63. The van der Waals surface area contributed by atoms with Crippen LogP contribution in [0.1, 0.15) is 19.3 Å². The number of hydrogen-bond acceptors (Lipinski definition) is 5. The van der Waals surface area contributed by atoms with Crippen molar-refractivity contribution in [2.24, 2.45) is 17.2 Å². The standard InChI is InChI=1S/C8H19N3O2.2ClH/c9-4-2-1-3-7(11)8(12)13-6-5-10;;/h7H,1-6,9-11H2;2*1H. The number of halogens is 2. The van der Waals surface area contributed by atoms with E-state index in [4.69, 9.17) is 21.9 Å². The van der Waals surface area contributed by atoms with Gasteiger partial charge >= 0.3 is 5.97 Å². The largest absolute Gasteiger partial charge is 0.463 e. The fourth-order valence-electron chi connectivity index (χ4n) is 0.893. The highest BCUT2D eigenvalue weighted by molar-refractivity contribution is 5.85. The Hall–Kier alpha value is -0.0700. The molecule has 0 bridgehead atoms. The van der Waals surface area contributed by atoms with Crippen LogP contribution in [0.3, 0.4) is 0 Å². The number of rotatable bonds is 7. The van der Waals surface area contributed by atoms with Crippen LogP contribution in [-0.2, 0) is 9.53 Å². The minimum absolute atomic E-state index is 0. The van der Waals surface area contributed by atoms with Crippen molar-refractivity contribution in [3.8, 4) is 0 Å². The summed E-state index contributed by atoms with van der Waals surface area (Å²) in [7, 11) is 0. The summed E-state index contributed by atoms with van der Waals surface area (Å²) in [5, 5.41) is 0. The van der Waals surface area contributed by atoms with Gasteiger partial charge in [-0.05, 0) is 19.4 Å². The Morgan fingerprint density at radius 2 is 1.73 bits per heavy atom. The van der Waals surface area contributed by atoms with Gasteiger partial charge in [0, 0.05) is 6.54 Å². The molecule has 7 heteroatoms. The SMILES string of the molecule is Cl.Cl.NCCCCC(N)C(=O)OCCN. The summed E-state index contributed by atoms with van der Waals surface area (Å²) >= 11 is 0. The number of esters is 1. The van der Waals surface area contributed by atoms with Crippen molar-refractivity contribution in [2.45, 2.75) is 25.3 Å². The number of carbonyl (C=O) groups is 1.